The van der Waals surface area contributed by atoms with Gasteiger partial charge in [-0.2, -0.15) is 0 Å². The van der Waals surface area contributed by atoms with Crippen molar-refractivity contribution in [1.29, 1.82) is 0 Å². The fourth-order valence-corrected chi connectivity index (χ4v) is 3.52. The second-order valence-electron chi connectivity index (χ2n) is 7.03. The van der Waals surface area contributed by atoms with Gasteiger partial charge in [-0.25, -0.2) is 8.78 Å². The Kier molecular flexibility index (Phi) is 7.98. The van der Waals surface area contributed by atoms with E-state index in [1.807, 2.05) is 0 Å². The fraction of sp³-hybridized carbons (Fsp3) is 0.208. The molecule has 4 nitrogen and oxygen atoms in total. The Morgan fingerprint density at radius 1 is 1.00 bits per heavy atom. The molecule has 0 bridgehead atoms. The lowest BCUT2D eigenvalue weighted by atomic mass is 9.99. The molecule has 0 fully saturated rings. The number of amides is 1. The Morgan fingerprint density at radius 2 is 1.62 bits per heavy atom. The monoisotopic (exact) mass is 499 g/mol. The van der Waals surface area contributed by atoms with Crippen LogP contribution in [0.15, 0.2) is 60.7 Å². The maximum atomic E-state index is 14.0. The van der Waals surface area contributed by atoms with Crippen LogP contribution in [-0.4, -0.2) is 24.8 Å². The molecule has 0 aliphatic heterocycles. The number of hydrogen-bond donors (Lipinski definition) is 1. The number of nitrogens with one attached hydrogen (secondary N) is 1. The molecular weight excluding hydrogens is 481 g/mol. The van der Waals surface area contributed by atoms with Crippen LogP contribution in [0.4, 0.5) is 22.0 Å². The van der Waals surface area contributed by atoms with E-state index in [4.69, 9.17) is 16.3 Å². The average Bonchev–Trinajstić information content (AvgIpc) is 2.77. The van der Waals surface area contributed by atoms with E-state index in [0.717, 1.165) is 18.2 Å². The van der Waals surface area contributed by atoms with Gasteiger partial charge in [-0.3, -0.25) is 4.79 Å². The maximum absolute atomic E-state index is 14.0. The van der Waals surface area contributed by atoms with E-state index in [2.05, 4.69) is 10.1 Å². The molecule has 0 radical (unpaired) electrons. The molecule has 1 N–H and O–H groups in total. The highest BCUT2D eigenvalue weighted by atomic mass is 35.5. The number of carbonyl (C=O) groups is 1. The van der Waals surface area contributed by atoms with Gasteiger partial charge in [0.15, 0.2) is 0 Å². The lowest BCUT2D eigenvalue weighted by Gasteiger charge is -2.21. The summed E-state index contributed by atoms with van der Waals surface area (Å²) in [5, 5.41) is 2.51. The van der Waals surface area contributed by atoms with E-state index in [0.29, 0.717) is 22.4 Å². The molecule has 0 saturated heterocycles. The number of benzene rings is 3. The van der Waals surface area contributed by atoms with Crippen molar-refractivity contribution >= 4 is 17.5 Å². The van der Waals surface area contributed by atoms with Crippen LogP contribution in [0.3, 0.4) is 0 Å². The van der Waals surface area contributed by atoms with Gasteiger partial charge in [-0.05, 0) is 48.4 Å². The second kappa shape index (κ2) is 10.7. The van der Waals surface area contributed by atoms with E-state index in [1.165, 1.54) is 24.3 Å². The van der Waals surface area contributed by atoms with Gasteiger partial charge in [-0.15, -0.1) is 24.8 Å². The molecule has 180 valence electrons. The van der Waals surface area contributed by atoms with Crippen LogP contribution in [0.1, 0.15) is 28.9 Å². The van der Waals surface area contributed by atoms with E-state index < -0.39 is 35.5 Å². The van der Waals surface area contributed by atoms with Gasteiger partial charge >= 0.3 is 6.36 Å². The summed E-state index contributed by atoms with van der Waals surface area (Å²) in [6.07, 6.45) is -4.79. The third-order valence-electron chi connectivity index (χ3n) is 4.76. The number of halogens is 6. The summed E-state index contributed by atoms with van der Waals surface area (Å²) in [5.41, 5.74) is 0.934. The van der Waals surface area contributed by atoms with Gasteiger partial charge in [0.25, 0.3) is 5.91 Å². The number of hydrogen-bond acceptors (Lipinski definition) is 3. The molecule has 10 heteroatoms. The van der Waals surface area contributed by atoms with Gasteiger partial charge in [-0.1, -0.05) is 30.3 Å². The summed E-state index contributed by atoms with van der Waals surface area (Å²) in [6.45, 7) is 2.00. The van der Waals surface area contributed by atoms with Crippen LogP contribution in [-0.2, 0) is 0 Å². The first-order valence-electron chi connectivity index (χ1n) is 10.1. The first-order chi connectivity index (χ1) is 16.1. The maximum Gasteiger partial charge on any atom is 0.573 e. The van der Waals surface area contributed by atoms with Crippen molar-refractivity contribution in [2.45, 2.75) is 19.3 Å². The molecule has 1 atom stereocenters. The minimum absolute atomic E-state index is 0.120. The van der Waals surface area contributed by atoms with Crippen LogP contribution < -0.4 is 14.8 Å². The minimum Gasteiger partial charge on any atom is -0.493 e. The quantitative estimate of drug-likeness (QED) is 0.279. The molecule has 3 aromatic rings. The van der Waals surface area contributed by atoms with Crippen molar-refractivity contribution in [3.05, 3.63) is 83.4 Å². The van der Waals surface area contributed by atoms with Crippen LogP contribution >= 0.6 is 11.6 Å². The van der Waals surface area contributed by atoms with Crippen LogP contribution in [0.2, 0.25) is 0 Å². The Labute approximate surface area is 197 Å². The molecule has 0 aromatic heterocycles. The average molecular weight is 500 g/mol. The molecule has 34 heavy (non-hydrogen) atoms. The zero-order valence-corrected chi connectivity index (χ0v) is 18.5. The highest BCUT2D eigenvalue weighted by molar-refractivity contribution is 6.18. The largest absolute Gasteiger partial charge is 0.573 e. The highest BCUT2D eigenvalue weighted by Crippen LogP contribution is 2.33. The smallest absolute Gasteiger partial charge is 0.493 e. The normalized spacial score (nSPS) is 12.2. The summed E-state index contributed by atoms with van der Waals surface area (Å²) < 4.78 is 74.7. The number of rotatable bonds is 8. The van der Waals surface area contributed by atoms with Crippen molar-refractivity contribution in [2.24, 2.45) is 0 Å². The van der Waals surface area contributed by atoms with Crippen molar-refractivity contribution in [3.63, 3.8) is 0 Å². The van der Waals surface area contributed by atoms with Gasteiger partial charge in [0.1, 0.15) is 28.7 Å². The number of alkyl halides is 4. The van der Waals surface area contributed by atoms with Crippen LogP contribution in [0.5, 0.6) is 11.5 Å². The molecule has 1 amide bonds. The topological polar surface area (TPSA) is 47.6 Å². The van der Waals surface area contributed by atoms with Gasteiger partial charge < -0.3 is 14.8 Å². The van der Waals surface area contributed by atoms with E-state index in [9.17, 15) is 26.7 Å². The van der Waals surface area contributed by atoms with Crippen molar-refractivity contribution < 1.29 is 36.2 Å². The second-order valence-corrected chi connectivity index (χ2v) is 7.34. The Morgan fingerprint density at radius 3 is 2.18 bits per heavy atom. The molecule has 0 saturated carbocycles. The molecule has 0 aliphatic rings. The standard InChI is InChI=1S/C24H19ClF5NO3/c1-2-33-21-12-15(14-6-9-16(10-7-14)34-24(28,29)30)8-11-17(21)20(13-25)31-23(32)22-18(26)4-3-5-19(22)27/h3-12,20H,2,13H2,1H3,(H,31,32). The Bertz CT molecular complexity index is 1130. The van der Waals surface area contributed by atoms with Crippen LogP contribution in [0, 0.1) is 11.6 Å². The third kappa shape index (κ3) is 6.17. The molecule has 0 aliphatic carbocycles. The van der Waals surface area contributed by atoms with Gasteiger partial charge in [0, 0.05) is 11.4 Å². The predicted molar refractivity (Wildman–Crippen MR) is 117 cm³/mol. The van der Waals surface area contributed by atoms with Crippen molar-refractivity contribution in [1.82, 2.24) is 5.32 Å². The molecule has 0 spiro atoms. The first-order valence-corrected chi connectivity index (χ1v) is 10.6. The lowest BCUT2D eigenvalue weighted by Crippen LogP contribution is -2.31. The molecule has 1 unspecified atom stereocenters. The summed E-state index contributed by atoms with van der Waals surface area (Å²) >= 11 is 6.05. The molecular formula is C24H19ClF5NO3. The zero-order valence-electron chi connectivity index (χ0n) is 17.8. The van der Waals surface area contributed by atoms with Gasteiger partial charge in [0.2, 0.25) is 0 Å². The predicted octanol–water partition coefficient (Wildman–Crippen LogP) is 6.64. The van der Waals surface area contributed by atoms with Gasteiger partial charge in [0.05, 0.1) is 12.6 Å². The SMILES string of the molecule is CCOc1cc(-c2ccc(OC(F)(F)F)cc2)ccc1C(CCl)NC(=O)c1c(F)cccc1F. The Hall–Kier alpha value is -3.33. The zero-order chi connectivity index (χ0) is 24.9. The third-order valence-corrected chi connectivity index (χ3v) is 5.07. The summed E-state index contributed by atoms with van der Waals surface area (Å²) in [5.74, 6) is -3.13. The number of ether oxygens (including phenoxy) is 2. The van der Waals surface area contributed by atoms with E-state index in [-0.39, 0.29) is 18.2 Å². The van der Waals surface area contributed by atoms with E-state index in [1.54, 1.807) is 25.1 Å². The van der Waals surface area contributed by atoms with E-state index >= 15 is 0 Å². The summed E-state index contributed by atoms with van der Waals surface area (Å²) in [7, 11) is 0. The number of carbonyl (C=O) groups excluding carboxylic acids is 1. The summed E-state index contributed by atoms with van der Waals surface area (Å²) in [6, 6.07) is 12.4. The Balaban J connectivity index is 1.88. The molecule has 0 heterocycles. The van der Waals surface area contributed by atoms with Crippen molar-refractivity contribution in [3.8, 4) is 22.6 Å². The summed E-state index contributed by atoms with van der Waals surface area (Å²) in [4.78, 5) is 12.5. The minimum atomic E-state index is -4.79. The lowest BCUT2D eigenvalue weighted by molar-refractivity contribution is -0.274. The first kappa shape index (κ1) is 25.3. The van der Waals surface area contributed by atoms with Crippen molar-refractivity contribution in [2.75, 3.05) is 12.5 Å². The van der Waals surface area contributed by atoms with Crippen LogP contribution in [0.25, 0.3) is 11.1 Å². The molecule has 3 aromatic carbocycles. The highest BCUT2D eigenvalue weighted by Gasteiger charge is 2.31. The fourth-order valence-electron chi connectivity index (χ4n) is 3.28. The molecule has 3 rings (SSSR count).